The summed E-state index contributed by atoms with van der Waals surface area (Å²) in [5.41, 5.74) is -0.415. The highest BCUT2D eigenvalue weighted by Gasteiger charge is 2.46. The number of furan rings is 1. The molecule has 7 heteroatoms. The average Bonchev–Trinajstić information content (AvgIpc) is 3.10. The summed E-state index contributed by atoms with van der Waals surface area (Å²) in [6.07, 6.45) is 0.0443. The Balaban J connectivity index is 2.20. The molecule has 0 aliphatic carbocycles. The fraction of sp³-hybridized carbons (Fsp3) is 0.222. The van der Waals surface area contributed by atoms with Crippen LogP contribution in [0, 0.1) is 18.6 Å². The van der Waals surface area contributed by atoms with Crippen LogP contribution in [0.1, 0.15) is 30.9 Å². The molecule has 0 saturated carbocycles. The molecule has 1 unspecified atom stereocenters. The third kappa shape index (κ3) is 2.71. The lowest BCUT2D eigenvalue weighted by Gasteiger charge is -2.25. The molecule has 3 rings (SSSR count). The molecule has 25 heavy (non-hydrogen) atoms. The van der Waals surface area contributed by atoms with E-state index in [1.54, 1.807) is 26.0 Å². The van der Waals surface area contributed by atoms with Crippen LogP contribution in [0.25, 0.3) is 0 Å². The van der Waals surface area contributed by atoms with Gasteiger partial charge >= 0.3 is 0 Å². The molecule has 1 N–H and O–H groups in total. The molecule has 0 saturated heterocycles. The number of amides is 1. The van der Waals surface area contributed by atoms with Crippen molar-refractivity contribution < 1.29 is 27.9 Å². The van der Waals surface area contributed by atoms with E-state index in [0.29, 0.717) is 11.8 Å². The van der Waals surface area contributed by atoms with Crippen molar-refractivity contribution in [1.82, 2.24) is 0 Å². The molecular formula is C18H15F2NO4. The van der Waals surface area contributed by atoms with E-state index in [9.17, 15) is 23.5 Å². The molecule has 0 fully saturated rings. The third-order valence-electron chi connectivity index (χ3n) is 4.03. The van der Waals surface area contributed by atoms with Crippen molar-refractivity contribution >= 4 is 17.4 Å². The van der Waals surface area contributed by atoms with Crippen LogP contribution in [0.15, 0.2) is 46.1 Å². The summed E-state index contributed by atoms with van der Waals surface area (Å²) in [5.74, 6) is -3.22. The molecule has 1 aromatic heterocycles. The van der Waals surface area contributed by atoms with Gasteiger partial charge in [-0.15, -0.1) is 0 Å². The molecule has 0 radical (unpaired) electrons. The number of aliphatic hydroxyl groups excluding tert-OH is 1. The van der Waals surface area contributed by atoms with Crippen LogP contribution in [-0.4, -0.2) is 16.8 Å². The lowest BCUT2D eigenvalue weighted by atomic mass is 9.99. The number of aryl methyl sites for hydroxylation is 1. The molecular weight excluding hydrogens is 332 g/mol. The summed E-state index contributed by atoms with van der Waals surface area (Å²) in [4.78, 5) is 25.7. The maximum absolute atomic E-state index is 14.3. The van der Waals surface area contributed by atoms with E-state index in [0.717, 1.165) is 17.0 Å². The minimum atomic E-state index is -1.12. The summed E-state index contributed by atoms with van der Waals surface area (Å²) >= 11 is 0. The number of halogens is 2. The van der Waals surface area contributed by atoms with Crippen molar-refractivity contribution in [2.75, 3.05) is 4.90 Å². The predicted molar refractivity (Wildman–Crippen MR) is 85.0 cm³/mol. The van der Waals surface area contributed by atoms with E-state index in [-0.39, 0.29) is 23.4 Å². The number of hydrogen-bond donors (Lipinski definition) is 1. The summed E-state index contributed by atoms with van der Waals surface area (Å²) in [5, 5.41) is 10.2. The summed E-state index contributed by atoms with van der Waals surface area (Å²) in [7, 11) is 0. The Hall–Kier alpha value is -2.96. The topological polar surface area (TPSA) is 70.8 Å². The number of nitrogens with zero attached hydrogens (tertiary/aromatic N) is 1. The Bertz CT molecular complexity index is 900. The molecule has 1 atom stereocenters. The smallest absolute Gasteiger partial charge is 0.294 e. The Labute approximate surface area is 142 Å². The van der Waals surface area contributed by atoms with Crippen molar-refractivity contribution in [3.8, 4) is 0 Å². The van der Waals surface area contributed by atoms with Gasteiger partial charge in [-0.1, -0.05) is 6.92 Å². The molecule has 2 heterocycles. The number of anilines is 1. The minimum absolute atomic E-state index is 0.0443. The van der Waals surface area contributed by atoms with Gasteiger partial charge in [0, 0.05) is 12.5 Å². The number of hydrogen-bond acceptors (Lipinski definition) is 4. The van der Waals surface area contributed by atoms with Gasteiger partial charge in [-0.25, -0.2) is 8.78 Å². The fourth-order valence-electron chi connectivity index (χ4n) is 2.88. The number of carbonyl (C=O) groups is 2. The van der Waals surface area contributed by atoms with Crippen molar-refractivity contribution in [2.24, 2.45) is 0 Å². The van der Waals surface area contributed by atoms with Crippen LogP contribution >= 0.6 is 0 Å². The molecule has 0 spiro atoms. The molecule has 1 aromatic carbocycles. The van der Waals surface area contributed by atoms with Crippen molar-refractivity contribution in [3.05, 3.63) is 64.8 Å². The highest BCUT2D eigenvalue weighted by Crippen LogP contribution is 2.42. The number of Topliss-reactive ketones (excluding diaryl/α,β-unsaturated/α-hetero) is 1. The Morgan fingerprint density at radius 3 is 2.56 bits per heavy atom. The first-order chi connectivity index (χ1) is 11.8. The summed E-state index contributed by atoms with van der Waals surface area (Å²) in [6.45, 7) is 3.26. The van der Waals surface area contributed by atoms with E-state index >= 15 is 0 Å². The maximum atomic E-state index is 14.3. The third-order valence-corrected chi connectivity index (χ3v) is 4.03. The van der Waals surface area contributed by atoms with Crippen LogP contribution in [-0.2, 0) is 9.59 Å². The second-order valence-corrected chi connectivity index (χ2v) is 5.66. The van der Waals surface area contributed by atoms with E-state index in [4.69, 9.17) is 4.42 Å². The second kappa shape index (κ2) is 6.16. The lowest BCUT2D eigenvalue weighted by molar-refractivity contribution is -0.118. The van der Waals surface area contributed by atoms with Crippen LogP contribution in [0.3, 0.4) is 0 Å². The quantitative estimate of drug-likeness (QED) is 0.914. The zero-order valence-electron chi connectivity index (χ0n) is 13.5. The van der Waals surface area contributed by atoms with Gasteiger partial charge in [-0.3, -0.25) is 14.5 Å². The van der Waals surface area contributed by atoms with Gasteiger partial charge in [0.25, 0.3) is 5.91 Å². The predicted octanol–water partition coefficient (Wildman–Crippen LogP) is 3.75. The number of benzene rings is 1. The van der Waals surface area contributed by atoms with Crippen molar-refractivity contribution in [2.45, 2.75) is 26.3 Å². The van der Waals surface area contributed by atoms with Crippen LogP contribution in [0.5, 0.6) is 0 Å². The number of rotatable bonds is 4. The first-order valence-corrected chi connectivity index (χ1v) is 7.66. The largest absolute Gasteiger partial charge is 0.503 e. The molecule has 1 aliphatic heterocycles. The monoisotopic (exact) mass is 347 g/mol. The molecule has 2 aromatic rings. The van der Waals surface area contributed by atoms with Crippen LogP contribution in [0.4, 0.5) is 14.5 Å². The Kier molecular flexibility index (Phi) is 4.16. The second-order valence-electron chi connectivity index (χ2n) is 5.66. The normalized spacial score (nSPS) is 17.5. The number of ketones is 1. The molecule has 0 bridgehead atoms. The molecule has 5 nitrogen and oxygen atoms in total. The summed E-state index contributed by atoms with van der Waals surface area (Å²) in [6, 6.07) is 4.76. The van der Waals surface area contributed by atoms with Crippen LogP contribution in [0.2, 0.25) is 0 Å². The standard InChI is InChI=1S/C18H15F2NO4/c1-3-13(22)15-16(14-7-4-9(2)25-14)21(18(24)17(15)23)12-6-5-10(19)8-11(12)20/h4-8,16,23H,3H2,1-2H3. The first-order valence-electron chi connectivity index (χ1n) is 7.66. The van der Waals surface area contributed by atoms with Crippen molar-refractivity contribution in [1.29, 1.82) is 0 Å². The molecule has 1 aliphatic rings. The maximum Gasteiger partial charge on any atom is 0.294 e. The first kappa shape index (κ1) is 16.9. The Morgan fingerprint density at radius 1 is 1.28 bits per heavy atom. The van der Waals surface area contributed by atoms with E-state index < -0.39 is 35.1 Å². The lowest BCUT2D eigenvalue weighted by Crippen LogP contribution is -2.31. The minimum Gasteiger partial charge on any atom is -0.503 e. The van der Waals surface area contributed by atoms with Gasteiger partial charge < -0.3 is 9.52 Å². The van der Waals surface area contributed by atoms with Gasteiger partial charge in [0.15, 0.2) is 11.5 Å². The fourth-order valence-corrected chi connectivity index (χ4v) is 2.88. The number of carbonyl (C=O) groups excluding carboxylic acids is 2. The summed E-state index contributed by atoms with van der Waals surface area (Å²) < 4.78 is 33.0. The average molecular weight is 347 g/mol. The zero-order chi connectivity index (χ0) is 18.3. The van der Waals surface area contributed by atoms with Gasteiger partial charge in [0.2, 0.25) is 0 Å². The van der Waals surface area contributed by atoms with Gasteiger partial charge in [0.05, 0.1) is 11.3 Å². The highest BCUT2D eigenvalue weighted by atomic mass is 19.1. The molecule has 1 amide bonds. The van der Waals surface area contributed by atoms with E-state index in [1.807, 2.05) is 0 Å². The van der Waals surface area contributed by atoms with E-state index in [1.165, 1.54) is 0 Å². The Morgan fingerprint density at radius 2 is 2.00 bits per heavy atom. The number of aliphatic hydroxyl groups is 1. The highest BCUT2D eigenvalue weighted by molar-refractivity contribution is 6.16. The van der Waals surface area contributed by atoms with Gasteiger partial charge in [-0.2, -0.15) is 0 Å². The van der Waals surface area contributed by atoms with Gasteiger partial charge in [0.1, 0.15) is 29.2 Å². The SMILES string of the molecule is CCC(=O)C1=C(O)C(=O)N(c2ccc(F)cc2F)C1c1ccc(C)o1. The van der Waals surface area contributed by atoms with Gasteiger partial charge in [-0.05, 0) is 31.2 Å². The van der Waals surface area contributed by atoms with E-state index in [2.05, 4.69) is 0 Å². The molecule has 130 valence electrons. The van der Waals surface area contributed by atoms with Crippen molar-refractivity contribution in [3.63, 3.8) is 0 Å². The zero-order valence-corrected chi connectivity index (χ0v) is 13.5. The van der Waals surface area contributed by atoms with Crippen LogP contribution < -0.4 is 4.90 Å².